The monoisotopic (exact) mass is 307 g/mol. The molecule has 0 spiro atoms. The minimum Gasteiger partial charge on any atom is -0.508 e. The van der Waals surface area contributed by atoms with Crippen LogP contribution in [0.25, 0.3) is 0 Å². The number of nitrogens with one attached hydrogen (secondary N) is 1. The van der Waals surface area contributed by atoms with Crippen LogP contribution in [0.4, 0.5) is 11.4 Å². The second-order valence-electron chi connectivity index (χ2n) is 5.05. The van der Waals surface area contributed by atoms with E-state index in [4.69, 9.17) is 0 Å². The van der Waals surface area contributed by atoms with Crippen LogP contribution in [0.15, 0.2) is 60.3 Å². The zero-order chi connectivity index (χ0) is 16.8. The number of carbonyl (C=O) groups excluding carboxylic acids is 1. The average Bonchev–Trinajstić information content (AvgIpc) is 2.55. The van der Waals surface area contributed by atoms with Gasteiger partial charge in [0.25, 0.3) is 5.91 Å². The lowest BCUT2D eigenvalue weighted by Crippen LogP contribution is -2.18. The molecule has 2 rings (SSSR count). The molecule has 0 saturated heterocycles. The molecule has 2 aromatic rings. The number of nitriles is 1. The van der Waals surface area contributed by atoms with Gasteiger partial charge >= 0.3 is 0 Å². The van der Waals surface area contributed by atoms with E-state index < -0.39 is 5.91 Å². The second-order valence-corrected chi connectivity index (χ2v) is 5.05. The van der Waals surface area contributed by atoms with Crippen LogP contribution in [-0.4, -0.2) is 18.1 Å². The molecular weight excluding hydrogens is 290 g/mol. The SMILES string of the molecule is Cc1ccccc1NC(=O)/C(C#N)=C\N(C)c1ccc(O)cc1. The fraction of sp³-hybridized carbons (Fsp3) is 0.111. The van der Waals surface area contributed by atoms with Gasteiger partial charge in [0.05, 0.1) is 0 Å². The highest BCUT2D eigenvalue weighted by Crippen LogP contribution is 2.19. The lowest BCUT2D eigenvalue weighted by molar-refractivity contribution is -0.112. The summed E-state index contributed by atoms with van der Waals surface area (Å²) in [5.74, 6) is -0.309. The first kappa shape index (κ1) is 16.1. The minimum absolute atomic E-state index is 0.0103. The topological polar surface area (TPSA) is 76.4 Å². The van der Waals surface area contributed by atoms with Crippen molar-refractivity contribution in [2.24, 2.45) is 0 Å². The largest absolute Gasteiger partial charge is 0.508 e. The summed E-state index contributed by atoms with van der Waals surface area (Å²) in [5.41, 5.74) is 2.33. The highest BCUT2D eigenvalue weighted by molar-refractivity contribution is 6.07. The minimum atomic E-state index is -0.465. The van der Waals surface area contributed by atoms with E-state index in [0.29, 0.717) is 5.69 Å². The second kappa shape index (κ2) is 7.14. The summed E-state index contributed by atoms with van der Waals surface area (Å²) >= 11 is 0. The van der Waals surface area contributed by atoms with Crippen molar-refractivity contribution in [3.05, 3.63) is 65.9 Å². The fourth-order valence-corrected chi connectivity index (χ4v) is 2.00. The molecule has 0 radical (unpaired) electrons. The van der Waals surface area contributed by atoms with Gasteiger partial charge in [-0.25, -0.2) is 0 Å². The van der Waals surface area contributed by atoms with Gasteiger partial charge in [-0.15, -0.1) is 0 Å². The number of nitrogens with zero attached hydrogens (tertiary/aromatic N) is 2. The van der Waals surface area contributed by atoms with E-state index in [2.05, 4.69) is 5.32 Å². The number of benzene rings is 2. The Morgan fingerprint density at radius 3 is 2.48 bits per heavy atom. The van der Waals surface area contributed by atoms with Crippen LogP contribution in [0.2, 0.25) is 0 Å². The third-order valence-corrected chi connectivity index (χ3v) is 3.34. The molecule has 0 fully saturated rings. The van der Waals surface area contributed by atoms with Crippen LogP contribution < -0.4 is 10.2 Å². The Morgan fingerprint density at radius 1 is 1.22 bits per heavy atom. The summed E-state index contributed by atoms with van der Waals surface area (Å²) in [7, 11) is 1.73. The molecule has 0 atom stereocenters. The Hall–Kier alpha value is -3.26. The van der Waals surface area contributed by atoms with Crippen LogP contribution in [0.3, 0.4) is 0 Å². The molecule has 0 aromatic heterocycles. The number of rotatable bonds is 4. The van der Waals surface area contributed by atoms with Gasteiger partial charge in [-0.1, -0.05) is 18.2 Å². The van der Waals surface area contributed by atoms with Gasteiger partial charge < -0.3 is 15.3 Å². The smallest absolute Gasteiger partial charge is 0.267 e. The summed E-state index contributed by atoms with van der Waals surface area (Å²) in [6.45, 7) is 1.88. The number of phenolic OH excluding ortho intramolecular Hbond substituents is 1. The maximum absolute atomic E-state index is 12.2. The van der Waals surface area contributed by atoms with Gasteiger partial charge in [-0.3, -0.25) is 4.79 Å². The maximum Gasteiger partial charge on any atom is 0.267 e. The average molecular weight is 307 g/mol. The molecule has 0 heterocycles. The molecule has 23 heavy (non-hydrogen) atoms. The summed E-state index contributed by atoms with van der Waals surface area (Å²) in [6, 6.07) is 15.7. The molecule has 116 valence electrons. The number of anilines is 2. The van der Waals surface area contributed by atoms with Crippen molar-refractivity contribution in [3.8, 4) is 11.8 Å². The van der Waals surface area contributed by atoms with Gasteiger partial charge in [0, 0.05) is 24.6 Å². The zero-order valence-corrected chi connectivity index (χ0v) is 12.9. The number of aromatic hydroxyl groups is 1. The Balaban J connectivity index is 2.18. The molecule has 0 bridgehead atoms. The molecule has 2 N–H and O–H groups in total. The van der Waals surface area contributed by atoms with Crippen molar-refractivity contribution in [2.75, 3.05) is 17.3 Å². The van der Waals surface area contributed by atoms with E-state index in [9.17, 15) is 15.2 Å². The molecule has 0 aliphatic heterocycles. The van der Waals surface area contributed by atoms with Gasteiger partial charge in [-0.05, 0) is 42.8 Å². The number of phenols is 1. The predicted octanol–water partition coefficient (Wildman–Crippen LogP) is 3.18. The first-order valence-electron chi connectivity index (χ1n) is 7.02. The van der Waals surface area contributed by atoms with Crippen molar-refractivity contribution < 1.29 is 9.90 Å². The number of aryl methyl sites for hydroxylation is 1. The van der Waals surface area contributed by atoms with E-state index in [0.717, 1.165) is 11.3 Å². The van der Waals surface area contributed by atoms with Crippen LogP contribution in [0, 0.1) is 18.3 Å². The molecule has 0 unspecified atom stereocenters. The van der Waals surface area contributed by atoms with Gasteiger partial charge in [-0.2, -0.15) is 5.26 Å². The van der Waals surface area contributed by atoms with Crippen LogP contribution in [0.1, 0.15) is 5.56 Å². The summed E-state index contributed by atoms with van der Waals surface area (Å²) < 4.78 is 0. The van der Waals surface area contributed by atoms with Crippen molar-refractivity contribution in [2.45, 2.75) is 6.92 Å². The van der Waals surface area contributed by atoms with Gasteiger partial charge in [0.2, 0.25) is 0 Å². The highest BCUT2D eigenvalue weighted by Gasteiger charge is 2.12. The summed E-state index contributed by atoms with van der Waals surface area (Å²) in [6.07, 6.45) is 1.46. The molecule has 2 aromatic carbocycles. The Labute approximate surface area is 135 Å². The Bertz CT molecular complexity index is 774. The molecule has 5 heteroatoms. The molecular formula is C18H17N3O2. The van der Waals surface area contributed by atoms with Crippen LogP contribution >= 0.6 is 0 Å². The number of amides is 1. The first-order valence-corrected chi connectivity index (χ1v) is 7.02. The molecule has 0 saturated carbocycles. The quantitative estimate of drug-likeness (QED) is 0.672. The van der Waals surface area contributed by atoms with Gasteiger partial charge in [0.15, 0.2) is 0 Å². The predicted molar refractivity (Wildman–Crippen MR) is 90.0 cm³/mol. The van der Waals surface area contributed by atoms with Crippen molar-refractivity contribution in [1.29, 1.82) is 5.26 Å². The lowest BCUT2D eigenvalue weighted by atomic mass is 10.2. The fourth-order valence-electron chi connectivity index (χ4n) is 2.00. The summed E-state index contributed by atoms with van der Waals surface area (Å²) in [5, 5.41) is 21.3. The summed E-state index contributed by atoms with van der Waals surface area (Å²) in [4.78, 5) is 13.9. The zero-order valence-electron chi connectivity index (χ0n) is 12.9. The van der Waals surface area contributed by atoms with Crippen molar-refractivity contribution >= 4 is 17.3 Å². The third-order valence-electron chi connectivity index (χ3n) is 3.34. The van der Waals surface area contributed by atoms with Crippen LogP contribution in [-0.2, 0) is 4.79 Å². The maximum atomic E-state index is 12.2. The molecule has 1 amide bonds. The van der Waals surface area contributed by atoms with Gasteiger partial charge in [0.1, 0.15) is 17.4 Å². The van der Waals surface area contributed by atoms with Crippen LogP contribution in [0.5, 0.6) is 5.75 Å². The van der Waals surface area contributed by atoms with E-state index in [1.807, 2.05) is 31.2 Å². The normalized spacial score (nSPS) is 10.7. The number of hydrogen-bond acceptors (Lipinski definition) is 4. The highest BCUT2D eigenvalue weighted by atomic mass is 16.3. The standard InChI is InChI=1S/C18H17N3O2/c1-13-5-3-4-6-17(13)20-18(23)14(11-19)12-21(2)15-7-9-16(22)10-8-15/h3-10,12,22H,1-2H3,(H,20,23)/b14-12-. The van der Waals surface area contributed by atoms with E-state index in [1.54, 1.807) is 42.3 Å². The molecule has 0 aliphatic carbocycles. The van der Waals surface area contributed by atoms with E-state index >= 15 is 0 Å². The lowest BCUT2D eigenvalue weighted by Gasteiger charge is -2.15. The Kier molecular flexibility index (Phi) is 5.00. The van der Waals surface area contributed by atoms with E-state index in [-0.39, 0.29) is 11.3 Å². The van der Waals surface area contributed by atoms with Crippen molar-refractivity contribution in [1.82, 2.24) is 0 Å². The third kappa shape index (κ3) is 4.11. The number of hydrogen-bond donors (Lipinski definition) is 2. The molecule has 5 nitrogen and oxygen atoms in total. The number of para-hydroxylation sites is 1. The number of carbonyl (C=O) groups is 1. The molecule has 0 aliphatic rings. The first-order chi connectivity index (χ1) is 11.0. The van der Waals surface area contributed by atoms with Crippen molar-refractivity contribution in [3.63, 3.8) is 0 Å². The van der Waals surface area contributed by atoms with E-state index in [1.165, 1.54) is 6.20 Å². The Morgan fingerprint density at radius 2 is 1.87 bits per heavy atom.